The summed E-state index contributed by atoms with van der Waals surface area (Å²) >= 11 is 1.66. The molecule has 3 rings (SSSR count). The van der Waals surface area contributed by atoms with Crippen LogP contribution >= 0.6 is 11.8 Å². The fourth-order valence-corrected chi connectivity index (χ4v) is 4.07. The normalized spacial score (nSPS) is 16.9. The van der Waals surface area contributed by atoms with Crippen LogP contribution in [0.25, 0.3) is 0 Å². The van der Waals surface area contributed by atoms with E-state index in [9.17, 15) is 9.59 Å². The molecule has 2 aromatic rings. The van der Waals surface area contributed by atoms with Crippen molar-refractivity contribution in [1.82, 2.24) is 10.2 Å². The van der Waals surface area contributed by atoms with Crippen molar-refractivity contribution in [3.8, 4) is 0 Å². The molecule has 144 valence electrons. The number of piperidine rings is 1. The zero-order valence-electron chi connectivity index (χ0n) is 15.2. The molecule has 2 amide bonds. The number of nitrogens with two attached hydrogens (primary N) is 1. The van der Waals surface area contributed by atoms with Gasteiger partial charge in [0.2, 0.25) is 5.91 Å². The van der Waals surface area contributed by atoms with Crippen molar-refractivity contribution in [1.29, 1.82) is 0 Å². The summed E-state index contributed by atoms with van der Waals surface area (Å²) in [5.74, 6) is 0.681. The van der Waals surface area contributed by atoms with Crippen molar-refractivity contribution in [2.75, 3.05) is 26.2 Å². The molecule has 2 heterocycles. The maximum Gasteiger partial charge on any atom is 0.289 e. The molecule has 6 nitrogen and oxygen atoms in total. The summed E-state index contributed by atoms with van der Waals surface area (Å²) in [6, 6.07) is 11.9. The molecule has 1 aromatic carbocycles. The van der Waals surface area contributed by atoms with Crippen LogP contribution in [0.15, 0.2) is 52.0 Å². The third kappa shape index (κ3) is 5.14. The highest BCUT2D eigenvalue weighted by atomic mass is 32.2. The molecule has 0 aliphatic carbocycles. The SMILES string of the molecule is NCCNC(=O)C1CCCN(C(=O)c2occc2CSc2ccccc2)C1. The number of nitrogens with zero attached hydrogens (tertiary/aromatic N) is 1. The van der Waals surface area contributed by atoms with Gasteiger partial charge in [0.05, 0.1) is 12.2 Å². The maximum atomic E-state index is 12.9. The van der Waals surface area contributed by atoms with Crippen molar-refractivity contribution in [3.63, 3.8) is 0 Å². The number of furan rings is 1. The predicted octanol–water partition coefficient (Wildman–Crippen LogP) is 2.50. The summed E-state index contributed by atoms with van der Waals surface area (Å²) in [7, 11) is 0. The van der Waals surface area contributed by atoms with Gasteiger partial charge in [-0.2, -0.15) is 0 Å². The van der Waals surface area contributed by atoms with E-state index in [0.29, 0.717) is 37.7 Å². The van der Waals surface area contributed by atoms with E-state index in [1.54, 1.807) is 22.9 Å². The fraction of sp³-hybridized carbons (Fsp3) is 0.400. The van der Waals surface area contributed by atoms with Crippen LogP contribution in [-0.2, 0) is 10.5 Å². The lowest BCUT2D eigenvalue weighted by Gasteiger charge is -2.31. The van der Waals surface area contributed by atoms with E-state index in [-0.39, 0.29) is 17.7 Å². The molecule has 1 atom stereocenters. The van der Waals surface area contributed by atoms with E-state index in [1.165, 1.54) is 0 Å². The first-order valence-electron chi connectivity index (χ1n) is 9.20. The number of hydrogen-bond acceptors (Lipinski definition) is 5. The van der Waals surface area contributed by atoms with Gasteiger partial charge < -0.3 is 20.4 Å². The summed E-state index contributed by atoms with van der Waals surface area (Å²) in [4.78, 5) is 28.0. The Hall–Kier alpha value is -2.25. The Morgan fingerprint density at radius 3 is 2.85 bits per heavy atom. The van der Waals surface area contributed by atoms with Crippen molar-refractivity contribution >= 4 is 23.6 Å². The fourth-order valence-electron chi connectivity index (χ4n) is 3.17. The van der Waals surface area contributed by atoms with Gasteiger partial charge in [-0.25, -0.2) is 0 Å². The van der Waals surface area contributed by atoms with Gasteiger partial charge in [-0.15, -0.1) is 11.8 Å². The molecule has 1 aliphatic rings. The van der Waals surface area contributed by atoms with Crippen LogP contribution in [0.5, 0.6) is 0 Å². The van der Waals surface area contributed by atoms with E-state index in [2.05, 4.69) is 5.32 Å². The van der Waals surface area contributed by atoms with Gasteiger partial charge in [-0.1, -0.05) is 18.2 Å². The number of carbonyl (C=O) groups is 2. The maximum absolute atomic E-state index is 12.9. The third-order valence-electron chi connectivity index (χ3n) is 4.60. The third-order valence-corrected chi connectivity index (χ3v) is 5.66. The minimum atomic E-state index is -0.189. The first-order chi connectivity index (χ1) is 13.2. The molecule has 1 fully saturated rings. The van der Waals surface area contributed by atoms with Crippen LogP contribution in [0.2, 0.25) is 0 Å². The molecule has 7 heteroatoms. The second-order valence-corrected chi connectivity index (χ2v) is 7.60. The zero-order valence-corrected chi connectivity index (χ0v) is 16.0. The van der Waals surface area contributed by atoms with Gasteiger partial charge in [0.15, 0.2) is 5.76 Å². The van der Waals surface area contributed by atoms with Gasteiger partial charge in [0, 0.05) is 42.4 Å². The Morgan fingerprint density at radius 2 is 2.07 bits per heavy atom. The molecule has 1 aromatic heterocycles. The Morgan fingerprint density at radius 1 is 1.26 bits per heavy atom. The first kappa shape index (κ1) is 19.5. The Bertz CT molecular complexity index is 763. The second-order valence-electron chi connectivity index (χ2n) is 6.55. The van der Waals surface area contributed by atoms with Crippen molar-refractivity contribution < 1.29 is 14.0 Å². The monoisotopic (exact) mass is 387 g/mol. The van der Waals surface area contributed by atoms with Crippen LogP contribution in [0, 0.1) is 5.92 Å². The van der Waals surface area contributed by atoms with Gasteiger partial charge in [0.25, 0.3) is 5.91 Å². The summed E-state index contributed by atoms with van der Waals surface area (Å²) < 4.78 is 5.51. The summed E-state index contributed by atoms with van der Waals surface area (Å²) in [6.45, 7) is 1.94. The lowest BCUT2D eigenvalue weighted by atomic mass is 9.96. The molecular weight excluding hydrogens is 362 g/mol. The Balaban J connectivity index is 1.62. The van der Waals surface area contributed by atoms with Gasteiger partial charge in [-0.3, -0.25) is 9.59 Å². The van der Waals surface area contributed by atoms with Crippen molar-refractivity contribution in [2.45, 2.75) is 23.5 Å². The summed E-state index contributed by atoms with van der Waals surface area (Å²) in [5.41, 5.74) is 6.32. The molecule has 27 heavy (non-hydrogen) atoms. The number of hydrogen-bond donors (Lipinski definition) is 2. The topological polar surface area (TPSA) is 88.6 Å². The number of nitrogens with one attached hydrogen (secondary N) is 1. The van der Waals surface area contributed by atoms with E-state index in [1.807, 2.05) is 36.4 Å². The van der Waals surface area contributed by atoms with Gasteiger partial charge in [0.1, 0.15) is 0 Å². The Labute approximate surface area is 163 Å². The standard InChI is InChI=1S/C20H25N3O3S/c21-9-10-22-19(24)15-5-4-11-23(13-15)20(25)18-16(8-12-26-18)14-27-17-6-2-1-3-7-17/h1-3,6-8,12,15H,4-5,9-11,13-14,21H2,(H,22,24). The largest absolute Gasteiger partial charge is 0.459 e. The van der Waals surface area contributed by atoms with Gasteiger partial charge in [-0.05, 0) is 31.0 Å². The molecule has 0 spiro atoms. The number of benzene rings is 1. The van der Waals surface area contributed by atoms with E-state index >= 15 is 0 Å². The first-order valence-corrected chi connectivity index (χ1v) is 10.2. The number of likely N-dealkylation sites (tertiary alicyclic amines) is 1. The highest BCUT2D eigenvalue weighted by molar-refractivity contribution is 7.98. The summed E-state index contributed by atoms with van der Waals surface area (Å²) in [5, 5.41) is 2.82. The molecule has 0 radical (unpaired) electrons. The lowest BCUT2D eigenvalue weighted by Crippen LogP contribution is -2.46. The lowest BCUT2D eigenvalue weighted by molar-refractivity contribution is -0.126. The quantitative estimate of drug-likeness (QED) is 0.713. The molecule has 1 aliphatic heterocycles. The van der Waals surface area contributed by atoms with E-state index in [0.717, 1.165) is 23.3 Å². The predicted molar refractivity (Wildman–Crippen MR) is 105 cm³/mol. The zero-order chi connectivity index (χ0) is 19.1. The highest BCUT2D eigenvalue weighted by Gasteiger charge is 2.30. The molecule has 3 N–H and O–H groups in total. The van der Waals surface area contributed by atoms with E-state index in [4.69, 9.17) is 10.2 Å². The minimum Gasteiger partial charge on any atom is -0.459 e. The summed E-state index contributed by atoms with van der Waals surface area (Å²) in [6.07, 6.45) is 3.15. The second kappa shape index (κ2) is 9.62. The molecule has 1 saturated heterocycles. The molecule has 1 unspecified atom stereocenters. The van der Waals surface area contributed by atoms with Crippen molar-refractivity contribution in [3.05, 3.63) is 54.0 Å². The molecule has 0 saturated carbocycles. The van der Waals surface area contributed by atoms with Crippen LogP contribution in [-0.4, -0.2) is 42.9 Å². The average Bonchev–Trinajstić information content (AvgIpc) is 3.19. The minimum absolute atomic E-state index is 0.0303. The Kier molecular flexibility index (Phi) is 6.95. The van der Waals surface area contributed by atoms with Crippen LogP contribution in [0.1, 0.15) is 29.0 Å². The number of carbonyl (C=O) groups excluding carboxylic acids is 2. The van der Waals surface area contributed by atoms with Crippen LogP contribution in [0.3, 0.4) is 0 Å². The van der Waals surface area contributed by atoms with E-state index < -0.39 is 0 Å². The number of thioether (sulfide) groups is 1. The highest BCUT2D eigenvalue weighted by Crippen LogP contribution is 2.27. The molecule has 0 bridgehead atoms. The van der Waals surface area contributed by atoms with Crippen molar-refractivity contribution in [2.24, 2.45) is 11.7 Å². The van der Waals surface area contributed by atoms with Crippen LogP contribution in [0.4, 0.5) is 0 Å². The molecular formula is C20H25N3O3S. The van der Waals surface area contributed by atoms with Crippen LogP contribution < -0.4 is 11.1 Å². The average molecular weight is 388 g/mol. The number of rotatable bonds is 7. The number of amides is 2. The van der Waals surface area contributed by atoms with Gasteiger partial charge >= 0.3 is 0 Å². The smallest absolute Gasteiger partial charge is 0.289 e.